The molecule has 0 radical (unpaired) electrons. The van der Waals surface area contributed by atoms with Crippen molar-refractivity contribution in [1.29, 1.82) is 0 Å². The molecule has 21 heavy (non-hydrogen) atoms. The quantitative estimate of drug-likeness (QED) is 0.706. The van der Waals surface area contributed by atoms with E-state index in [0.717, 1.165) is 18.5 Å². The van der Waals surface area contributed by atoms with Gasteiger partial charge in [-0.1, -0.05) is 6.07 Å². The zero-order chi connectivity index (χ0) is 15.8. The molecule has 1 atom stereocenters. The van der Waals surface area contributed by atoms with Crippen LogP contribution in [0.2, 0.25) is 0 Å². The fraction of sp³-hybridized carbons (Fsp3) is 0.533. The number of nitrogens with zero attached hydrogens (tertiary/aromatic N) is 1. The molecule has 3 N–H and O–H groups in total. The molecule has 0 aliphatic rings. The van der Waals surface area contributed by atoms with Gasteiger partial charge in [-0.3, -0.25) is 4.79 Å². The number of benzene rings is 1. The number of nitrogens with two attached hydrogens (primary N) is 1. The Balaban J connectivity index is 2.46. The fourth-order valence-electron chi connectivity index (χ4n) is 1.95. The Kier molecular flexibility index (Phi) is 6.98. The molecule has 0 unspecified atom stereocenters. The van der Waals surface area contributed by atoms with Gasteiger partial charge in [-0.15, -0.1) is 0 Å². The van der Waals surface area contributed by atoms with E-state index in [2.05, 4.69) is 4.90 Å². The molecule has 0 saturated carbocycles. The van der Waals surface area contributed by atoms with Crippen LogP contribution in [0.4, 0.5) is 0 Å². The van der Waals surface area contributed by atoms with Crippen LogP contribution in [-0.4, -0.2) is 56.4 Å². The van der Waals surface area contributed by atoms with E-state index in [1.54, 1.807) is 14.2 Å². The number of likely N-dealkylation sites (N-methyl/N-ethyl adjacent to an activating group) is 1. The lowest BCUT2D eigenvalue weighted by molar-refractivity contribution is -0.138. The predicted molar refractivity (Wildman–Crippen MR) is 81.0 cm³/mol. The highest BCUT2D eigenvalue weighted by atomic mass is 16.5. The Bertz CT molecular complexity index is 465. The van der Waals surface area contributed by atoms with Gasteiger partial charge in [0.05, 0.1) is 14.2 Å². The van der Waals surface area contributed by atoms with Crippen LogP contribution in [0.5, 0.6) is 11.5 Å². The zero-order valence-electron chi connectivity index (χ0n) is 12.8. The molecule has 0 heterocycles. The van der Waals surface area contributed by atoms with Crippen molar-refractivity contribution in [3.8, 4) is 11.5 Å². The number of rotatable bonds is 9. The second-order valence-corrected chi connectivity index (χ2v) is 4.98. The second-order valence-electron chi connectivity index (χ2n) is 4.98. The van der Waals surface area contributed by atoms with E-state index in [1.165, 1.54) is 0 Å². The highest BCUT2D eigenvalue weighted by molar-refractivity contribution is 5.72. The van der Waals surface area contributed by atoms with Gasteiger partial charge in [0, 0.05) is 6.54 Å². The molecule has 1 rings (SSSR count). The van der Waals surface area contributed by atoms with Gasteiger partial charge >= 0.3 is 5.97 Å². The van der Waals surface area contributed by atoms with Crippen LogP contribution in [0.25, 0.3) is 0 Å². The Morgan fingerprint density at radius 2 is 1.95 bits per heavy atom. The summed E-state index contributed by atoms with van der Waals surface area (Å²) in [6, 6.07) is 5.04. The van der Waals surface area contributed by atoms with Crippen LogP contribution in [0.1, 0.15) is 12.0 Å². The van der Waals surface area contributed by atoms with Crippen molar-refractivity contribution < 1.29 is 19.4 Å². The number of methoxy groups -OCH3 is 2. The molecule has 0 aliphatic heterocycles. The summed E-state index contributed by atoms with van der Waals surface area (Å²) in [5.41, 5.74) is 6.63. The number of hydrogen-bond donors (Lipinski definition) is 2. The maximum Gasteiger partial charge on any atom is 0.320 e. The van der Waals surface area contributed by atoms with Gasteiger partial charge in [0.1, 0.15) is 6.04 Å². The van der Waals surface area contributed by atoms with E-state index in [-0.39, 0.29) is 0 Å². The van der Waals surface area contributed by atoms with Crippen molar-refractivity contribution in [2.24, 2.45) is 5.73 Å². The number of carbonyl (C=O) groups is 1. The molecule has 0 bridgehead atoms. The maximum atomic E-state index is 10.7. The standard InChI is InChI=1S/C15H24N2O4/c1-17(9-7-12(16)15(18)19)8-6-11-4-5-13(20-2)14(10-11)21-3/h4-5,10,12H,6-9,16H2,1-3H3,(H,18,19)/t12-/m1/s1. The summed E-state index contributed by atoms with van der Waals surface area (Å²) in [5, 5.41) is 8.74. The minimum absolute atomic E-state index is 0.442. The summed E-state index contributed by atoms with van der Waals surface area (Å²) in [5.74, 6) is 0.468. The van der Waals surface area contributed by atoms with E-state index in [9.17, 15) is 4.79 Å². The van der Waals surface area contributed by atoms with E-state index in [0.29, 0.717) is 24.5 Å². The summed E-state index contributed by atoms with van der Waals surface area (Å²) < 4.78 is 10.5. The lowest BCUT2D eigenvalue weighted by atomic mass is 10.1. The third kappa shape index (κ3) is 5.61. The van der Waals surface area contributed by atoms with Crippen LogP contribution >= 0.6 is 0 Å². The molecule has 118 valence electrons. The molecule has 0 saturated heterocycles. The molecule has 6 nitrogen and oxygen atoms in total. The van der Waals surface area contributed by atoms with Gasteiger partial charge in [-0.25, -0.2) is 0 Å². The van der Waals surface area contributed by atoms with Crippen molar-refractivity contribution in [1.82, 2.24) is 4.90 Å². The molecular formula is C15H24N2O4. The molecule has 0 amide bonds. The highest BCUT2D eigenvalue weighted by Crippen LogP contribution is 2.27. The molecule has 0 fully saturated rings. The van der Waals surface area contributed by atoms with Crippen molar-refractivity contribution in [2.45, 2.75) is 18.9 Å². The molecule has 6 heteroatoms. The van der Waals surface area contributed by atoms with Crippen LogP contribution in [0.3, 0.4) is 0 Å². The number of carboxylic acid groups (broad SMARTS) is 1. The van der Waals surface area contributed by atoms with Crippen molar-refractivity contribution in [2.75, 3.05) is 34.4 Å². The van der Waals surface area contributed by atoms with Gasteiger partial charge in [-0.2, -0.15) is 0 Å². The summed E-state index contributed by atoms with van der Waals surface area (Å²) >= 11 is 0. The molecule has 0 aliphatic carbocycles. The van der Waals surface area contributed by atoms with Gasteiger partial charge < -0.3 is 25.2 Å². The fourth-order valence-corrected chi connectivity index (χ4v) is 1.95. The lowest BCUT2D eigenvalue weighted by Crippen LogP contribution is -2.34. The molecule has 1 aromatic rings. The summed E-state index contributed by atoms with van der Waals surface area (Å²) in [7, 11) is 5.17. The monoisotopic (exact) mass is 296 g/mol. The van der Waals surface area contributed by atoms with Crippen LogP contribution in [0.15, 0.2) is 18.2 Å². The minimum atomic E-state index is -0.955. The smallest absolute Gasteiger partial charge is 0.320 e. The molecule has 0 spiro atoms. The second kappa shape index (κ2) is 8.49. The highest BCUT2D eigenvalue weighted by Gasteiger charge is 2.12. The van der Waals surface area contributed by atoms with Gasteiger partial charge in [0.25, 0.3) is 0 Å². The summed E-state index contributed by atoms with van der Waals surface area (Å²) in [6.45, 7) is 1.47. The first kappa shape index (κ1) is 17.3. The zero-order valence-corrected chi connectivity index (χ0v) is 12.8. The third-order valence-corrected chi connectivity index (χ3v) is 3.37. The minimum Gasteiger partial charge on any atom is -0.493 e. The number of ether oxygens (including phenoxy) is 2. The average molecular weight is 296 g/mol. The van der Waals surface area contributed by atoms with Crippen LogP contribution in [-0.2, 0) is 11.2 Å². The average Bonchev–Trinajstić information content (AvgIpc) is 2.49. The largest absolute Gasteiger partial charge is 0.493 e. The van der Waals surface area contributed by atoms with E-state index in [1.807, 2.05) is 25.2 Å². The number of hydrogen-bond acceptors (Lipinski definition) is 5. The topological polar surface area (TPSA) is 85.0 Å². The first-order chi connectivity index (χ1) is 9.97. The Morgan fingerprint density at radius 1 is 1.29 bits per heavy atom. The molecular weight excluding hydrogens is 272 g/mol. The Morgan fingerprint density at radius 3 is 2.52 bits per heavy atom. The first-order valence-corrected chi connectivity index (χ1v) is 6.85. The van der Waals surface area contributed by atoms with E-state index in [4.69, 9.17) is 20.3 Å². The van der Waals surface area contributed by atoms with Crippen molar-refractivity contribution in [3.05, 3.63) is 23.8 Å². The van der Waals surface area contributed by atoms with Gasteiger partial charge in [-0.05, 0) is 44.1 Å². The van der Waals surface area contributed by atoms with Gasteiger partial charge in [0.2, 0.25) is 0 Å². The Labute approximate surface area is 125 Å². The third-order valence-electron chi connectivity index (χ3n) is 3.37. The van der Waals surface area contributed by atoms with Crippen molar-refractivity contribution in [3.63, 3.8) is 0 Å². The van der Waals surface area contributed by atoms with Crippen LogP contribution < -0.4 is 15.2 Å². The summed E-state index contributed by atoms with van der Waals surface area (Å²) in [4.78, 5) is 12.7. The lowest BCUT2D eigenvalue weighted by Gasteiger charge is -2.18. The first-order valence-electron chi connectivity index (χ1n) is 6.85. The van der Waals surface area contributed by atoms with E-state index < -0.39 is 12.0 Å². The summed E-state index contributed by atoms with van der Waals surface area (Å²) in [6.07, 6.45) is 1.29. The number of aliphatic carboxylic acids is 1. The SMILES string of the molecule is COc1ccc(CCN(C)CC[C@@H](N)C(=O)O)cc1OC. The number of carboxylic acids is 1. The normalized spacial score (nSPS) is 12.2. The van der Waals surface area contributed by atoms with Crippen molar-refractivity contribution >= 4 is 5.97 Å². The van der Waals surface area contributed by atoms with Crippen LogP contribution in [0, 0.1) is 0 Å². The molecule has 1 aromatic carbocycles. The molecule has 0 aromatic heterocycles. The Hall–Kier alpha value is -1.79. The predicted octanol–water partition coefficient (Wildman–Crippen LogP) is 0.980. The maximum absolute atomic E-state index is 10.7. The van der Waals surface area contributed by atoms with E-state index >= 15 is 0 Å². The van der Waals surface area contributed by atoms with Gasteiger partial charge in [0.15, 0.2) is 11.5 Å².